The number of anilines is 1. The van der Waals surface area contributed by atoms with Crippen LogP contribution in [0.5, 0.6) is 5.75 Å². The number of nitrogen functional groups attached to an aromatic ring is 1. The Morgan fingerprint density at radius 2 is 1.29 bits per heavy atom. The van der Waals surface area contributed by atoms with E-state index in [2.05, 4.69) is 20.6 Å². The second-order valence-electron chi connectivity index (χ2n) is 22.6. The predicted molar refractivity (Wildman–Crippen MR) is 362 cm³/mol. The van der Waals surface area contributed by atoms with Crippen molar-refractivity contribution in [1.29, 1.82) is 0 Å². The van der Waals surface area contributed by atoms with Crippen LogP contribution in [0.25, 0.3) is 39.5 Å². The third-order valence-corrected chi connectivity index (χ3v) is 19.9. The van der Waals surface area contributed by atoms with Crippen LogP contribution in [-0.2, 0) is 87.6 Å². The summed E-state index contributed by atoms with van der Waals surface area (Å²) in [5.74, 6) is -2.26. The van der Waals surface area contributed by atoms with Crippen molar-refractivity contribution in [3.05, 3.63) is 137 Å². The summed E-state index contributed by atoms with van der Waals surface area (Å²) < 4.78 is 130. The molecule has 0 spiro atoms. The molecule has 5 heterocycles. The molecule has 4 aliphatic rings. The van der Waals surface area contributed by atoms with Gasteiger partial charge in [-0.3, -0.25) is 74.0 Å². The Morgan fingerprint density at radius 3 is 1.92 bits per heavy atom. The van der Waals surface area contributed by atoms with Gasteiger partial charge in [0.2, 0.25) is 5.91 Å². The summed E-state index contributed by atoms with van der Waals surface area (Å²) in [6.45, 7) is -1.59. The number of phenolic OH excluding ortho intramolecular Hbond substituents is 1. The first kappa shape index (κ1) is 81.1. The fourth-order valence-electron chi connectivity index (χ4n) is 10.5. The number of phosphoric acid groups is 3. The van der Waals surface area contributed by atoms with Gasteiger partial charge in [0, 0.05) is 99.9 Å². The number of aromatic hydroxyl groups is 1. The lowest BCUT2D eigenvalue weighted by molar-refractivity contribution is -0.116. The molecule has 564 valence electrons. The Bertz CT molecular complexity index is 4230. The van der Waals surface area contributed by atoms with Crippen LogP contribution in [0.4, 0.5) is 5.82 Å². The minimum atomic E-state index is -4.52. The number of benzene rings is 3. The molecule has 4 aromatic rings. The lowest BCUT2D eigenvalue weighted by Gasteiger charge is -2.24. The van der Waals surface area contributed by atoms with E-state index in [0.717, 1.165) is 42.7 Å². The molecule has 2 amide bonds. The number of unbranched alkanes of at least 4 members (excludes halogenated alkanes) is 3. The number of ether oxygens (including phenoxy) is 6. The van der Waals surface area contributed by atoms with E-state index in [9.17, 15) is 62.6 Å². The normalized spacial score (nSPS) is 19.4. The minimum absolute atomic E-state index is 0.00546. The van der Waals surface area contributed by atoms with Gasteiger partial charge >= 0.3 is 40.8 Å². The van der Waals surface area contributed by atoms with E-state index in [1.54, 1.807) is 6.07 Å². The molecule has 8 rings (SSSR count). The molecule has 3 aliphatic heterocycles. The number of aromatic nitrogens is 4. The first-order valence-corrected chi connectivity index (χ1v) is 36.7. The van der Waals surface area contributed by atoms with Gasteiger partial charge in [0.05, 0.1) is 110 Å². The standard InChI is InChI=1S/C63H82N7O30P3/c1-85-101(82,95-38-52-48(74)35-56(98-52)69-19-16-54(64)67-62(69)80)92-29-27-90-24-25-91-28-31-94-103(84,87-3)100-51-36-57(99-53(51)39-96-102(83,86-2)93-30-26-89-23-22-88-21-20-71)70-37-41(60(77)68-63(70)81)9-15-55(75)65-17-6-4-5-7-18-66-59(76)40-8-12-44(61(78)79)47(32-40)58-45-13-10-42(72)33-49(45)97-50-34-43(73)11-14-46(50)58/h8-16,19,32-34,37,48,51-53,56-57,71-72,74H,4-7,17-18,20-31,35-36,38-39H2,1-3H3,(H,65,75)(H,66,76)(H,78,79)(H2,64,67,80)(H,68,77,81)/b15-9+/t48-,51-,52-,53-,56-,57-,101?,102?,103?/m1/s1. The van der Waals surface area contributed by atoms with Crippen molar-refractivity contribution in [3.63, 3.8) is 0 Å². The number of carboxylic acids is 1. The largest absolute Gasteiger partial charge is 0.508 e. The quantitative estimate of drug-likeness (QED) is 0.0113. The molecule has 0 bridgehead atoms. The van der Waals surface area contributed by atoms with E-state index in [0.29, 0.717) is 42.2 Å². The van der Waals surface area contributed by atoms with Crippen molar-refractivity contribution in [2.24, 2.45) is 0 Å². The van der Waals surface area contributed by atoms with Crippen molar-refractivity contribution < 1.29 is 122 Å². The zero-order chi connectivity index (χ0) is 74.1. The molecular formula is C63H82N7O30P3. The van der Waals surface area contributed by atoms with Gasteiger partial charge in [-0.05, 0) is 73.0 Å². The number of hydrogen-bond acceptors (Lipinski definition) is 31. The first-order valence-electron chi connectivity index (χ1n) is 32.3. The van der Waals surface area contributed by atoms with Crippen molar-refractivity contribution in [3.8, 4) is 28.2 Å². The van der Waals surface area contributed by atoms with E-state index in [1.807, 2.05) is 0 Å². The third-order valence-electron chi connectivity index (χ3n) is 15.6. The molecule has 9 N–H and O–H groups in total. The van der Waals surface area contributed by atoms with Crippen LogP contribution in [0.1, 0.15) is 77.3 Å². The van der Waals surface area contributed by atoms with Gasteiger partial charge < -0.3 is 69.6 Å². The van der Waals surface area contributed by atoms with Crippen molar-refractivity contribution in [2.75, 3.05) is 133 Å². The van der Waals surface area contributed by atoms with Gasteiger partial charge in [-0.15, -0.1) is 0 Å². The number of carboxylic acid groups (broad SMARTS) is 1. The van der Waals surface area contributed by atoms with E-state index in [-0.39, 0.29) is 156 Å². The number of amides is 2. The van der Waals surface area contributed by atoms with Crippen LogP contribution in [0.15, 0.2) is 103 Å². The number of H-pyrrole nitrogens is 1. The molecular weight excluding hydrogens is 1430 g/mol. The lowest BCUT2D eigenvalue weighted by atomic mass is 9.89. The van der Waals surface area contributed by atoms with E-state index in [4.69, 9.17) is 84.4 Å². The molecule has 3 unspecified atom stereocenters. The number of carbonyl (C=O) groups is 3. The maximum absolute atomic E-state index is 14.0. The molecule has 0 saturated carbocycles. The van der Waals surface area contributed by atoms with Gasteiger partial charge in [0.15, 0.2) is 5.43 Å². The number of carbonyl (C=O) groups excluding carboxylic acids is 2. The summed E-state index contributed by atoms with van der Waals surface area (Å²) >= 11 is 0. The number of nitrogens with zero attached hydrogens (tertiary/aromatic N) is 3. The van der Waals surface area contributed by atoms with Gasteiger partial charge in [-0.25, -0.2) is 28.1 Å². The summed E-state index contributed by atoms with van der Waals surface area (Å²) in [7, 11) is -9.84. The molecule has 40 heteroatoms. The number of nitrogens with one attached hydrogen (secondary N) is 3. The molecule has 37 nitrogen and oxygen atoms in total. The summed E-state index contributed by atoms with van der Waals surface area (Å²) in [4.78, 5) is 95.8. The number of phenols is 1. The SMILES string of the molecule is COP(=O)(OCCOCCOCCOP(=O)(OC)O[C@@H]1C[C@H](n2cc(/C=C/C(=O)NCCCCCCNC(=O)c3ccc(C(=O)O)c(-c4c5ccc(=O)cc-5oc5cc(O)ccc45)c3)c(=O)[nH]c2=O)O[C@@H]1COP(=O)(OC)OCCOCCOCCO)OC[C@H]1O[C@@H](n2ccc(N)nc2=O)C[C@H]1O. The van der Waals surface area contributed by atoms with E-state index in [1.165, 1.54) is 66.9 Å². The fraction of sp³-hybridized carbons (Fsp3) is 0.492. The molecule has 2 fully saturated rings. The number of rotatable bonds is 45. The highest BCUT2D eigenvalue weighted by Gasteiger charge is 2.45. The van der Waals surface area contributed by atoms with Crippen LogP contribution in [-0.4, -0.2) is 209 Å². The molecule has 2 aromatic heterocycles. The number of fused-ring (bicyclic) bond motifs is 2. The number of aromatic carboxylic acids is 1. The Morgan fingerprint density at radius 1 is 0.689 bits per heavy atom. The Balaban J connectivity index is 0.789. The first-order chi connectivity index (χ1) is 49.5. The number of aliphatic hydroxyl groups excluding tert-OH is 2. The summed E-state index contributed by atoms with van der Waals surface area (Å²) in [5.41, 5.74) is 3.77. The van der Waals surface area contributed by atoms with Crippen LogP contribution < -0.4 is 38.7 Å². The highest BCUT2D eigenvalue weighted by Crippen LogP contribution is 2.54. The lowest BCUT2D eigenvalue weighted by Crippen LogP contribution is -2.33. The van der Waals surface area contributed by atoms with Crippen LogP contribution in [0.3, 0.4) is 0 Å². The van der Waals surface area contributed by atoms with Crippen molar-refractivity contribution in [2.45, 2.75) is 75.4 Å². The summed E-state index contributed by atoms with van der Waals surface area (Å²) in [6, 6.07) is 13.9. The predicted octanol–water partition coefficient (Wildman–Crippen LogP) is 4.50. The third kappa shape index (κ3) is 23.7. The zero-order valence-corrected chi connectivity index (χ0v) is 59.0. The van der Waals surface area contributed by atoms with Crippen molar-refractivity contribution in [1.82, 2.24) is 29.7 Å². The molecule has 2 aromatic carbocycles. The van der Waals surface area contributed by atoms with Gasteiger partial charge in [-0.1, -0.05) is 12.8 Å². The van der Waals surface area contributed by atoms with E-state index >= 15 is 0 Å². The van der Waals surface area contributed by atoms with Crippen LogP contribution in [0, 0.1) is 0 Å². The molecule has 9 atom stereocenters. The molecule has 0 radical (unpaired) electrons. The fourth-order valence-corrected chi connectivity index (χ4v) is 13.4. The maximum atomic E-state index is 14.0. The highest BCUT2D eigenvalue weighted by molar-refractivity contribution is 7.49. The van der Waals surface area contributed by atoms with Crippen LogP contribution in [0.2, 0.25) is 0 Å². The molecule has 2 saturated heterocycles. The maximum Gasteiger partial charge on any atom is 0.474 e. The molecule has 1 aliphatic carbocycles. The molecule has 103 heavy (non-hydrogen) atoms. The minimum Gasteiger partial charge on any atom is -0.508 e. The van der Waals surface area contributed by atoms with Crippen LogP contribution >= 0.6 is 23.5 Å². The summed E-state index contributed by atoms with van der Waals surface area (Å²) in [6.07, 6.45) is -0.0990. The van der Waals surface area contributed by atoms with Gasteiger partial charge in [0.25, 0.3) is 11.5 Å². The second kappa shape index (κ2) is 39.5. The summed E-state index contributed by atoms with van der Waals surface area (Å²) in [5, 5.41) is 45.8. The Hall–Kier alpha value is -7.55. The highest BCUT2D eigenvalue weighted by atomic mass is 31.2. The number of aromatic amines is 1. The number of hydrogen-bond donors (Lipinski definition) is 8. The number of aliphatic hydroxyl groups is 2. The topological polar surface area (TPSA) is 492 Å². The number of nitrogens with two attached hydrogens (primary N) is 1. The van der Waals surface area contributed by atoms with Gasteiger partial charge in [-0.2, -0.15) is 4.98 Å². The Labute approximate surface area is 587 Å². The monoisotopic (exact) mass is 1510 g/mol. The van der Waals surface area contributed by atoms with Crippen molar-refractivity contribution >= 4 is 64.1 Å². The van der Waals surface area contributed by atoms with Gasteiger partial charge in [0.1, 0.15) is 53.7 Å². The zero-order valence-electron chi connectivity index (χ0n) is 56.3. The average Bonchev–Trinajstić information content (AvgIpc) is 1.62. The number of phosphoric ester groups is 3. The average molecular weight is 1510 g/mol. The van der Waals surface area contributed by atoms with E-state index < -0.39 is 108 Å². The second-order valence-corrected chi connectivity index (χ2v) is 27.8. The Kier molecular flexibility index (Phi) is 31.1. The smallest absolute Gasteiger partial charge is 0.474 e.